The maximum Gasteiger partial charge on any atom is 0.251 e. The average molecular weight is 340 g/mol. The predicted molar refractivity (Wildman–Crippen MR) is 97.9 cm³/mol. The van der Waals surface area contributed by atoms with Gasteiger partial charge in [0.2, 0.25) is 0 Å². The van der Waals surface area contributed by atoms with Crippen molar-refractivity contribution in [1.29, 1.82) is 0 Å². The van der Waals surface area contributed by atoms with Gasteiger partial charge in [0.1, 0.15) is 0 Å². The number of aliphatic hydroxyl groups excluding tert-OH is 1. The molecule has 5 nitrogen and oxygen atoms in total. The van der Waals surface area contributed by atoms with Gasteiger partial charge in [-0.25, -0.2) is 0 Å². The Kier molecular flexibility index (Phi) is 5.68. The second-order valence-corrected chi connectivity index (χ2v) is 6.28. The number of hydrogen-bond acceptors (Lipinski definition) is 4. The molecule has 0 radical (unpaired) electrons. The van der Waals surface area contributed by atoms with E-state index in [2.05, 4.69) is 10.2 Å². The molecular weight excluding hydrogens is 316 g/mol. The van der Waals surface area contributed by atoms with Gasteiger partial charge in [0.05, 0.1) is 19.3 Å². The smallest absolute Gasteiger partial charge is 0.251 e. The Morgan fingerprint density at radius 3 is 2.40 bits per heavy atom. The number of aryl methyl sites for hydroxylation is 1. The van der Waals surface area contributed by atoms with Crippen LogP contribution in [0.3, 0.4) is 0 Å². The SMILES string of the molecule is Cc1ccc(C(=O)NCC(O)c2ccc(N3CCOCC3)cc2)cc1. The summed E-state index contributed by atoms with van der Waals surface area (Å²) in [6, 6.07) is 15.2. The molecule has 25 heavy (non-hydrogen) atoms. The van der Waals surface area contributed by atoms with Gasteiger partial charge in [0, 0.05) is 30.9 Å². The maximum absolute atomic E-state index is 12.1. The first kappa shape index (κ1) is 17.5. The summed E-state index contributed by atoms with van der Waals surface area (Å²) in [5, 5.41) is 13.1. The highest BCUT2D eigenvalue weighted by Crippen LogP contribution is 2.20. The molecule has 3 rings (SSSR count). The summed E-state index contributed by atoms with van der Waals surface area (Å²) in [6.45, 7) is 5.42. The van der Waals surface area contributed by atoms with E-state index < -0.39 is 6.10 Å². The van der Waals surface area contributed by atoms with Crippen molar-refractivity contribution in [1.82, 2.24) is 5.32 Å². The number of carbonyl (C=O) groups is 1. The van der Waals surface area contributed by atoms with Crippen LogP contribution < -0.4 is 10.2 Å². The third kappa shape index (κ3) is 4.59. The molecule has 0 bridgehead atoms. The van der Waals surface area contributed by atoms with E-state index in [1.165, 1.54) is 0 Å². The first-order chi connectivity index (χ1) is 12.1. The molecule has 1 amide bonds. The van der Waals surface area contributed by atoms with Gasteiger partial charge >= 0.3 is 0 Å². The number of rotatable bonds is 5. The zero-order valence-electron chi connectivity index (χ0n) is 14.4. The molecule has 0 spiro atoms. The Labute approximate surface area is 148 Å². The molecule has 1 heterocycles. The lowest BCUT2D eigenvalue weighted by molar-refractivity contribution is 0.0916. The van der Waals surface area contributed by atoms with Gasteiger partial charge in [-0.2, -0.15) is 0 Å². The Balaban J connectivity index is 1.54. The minimum absolute atomic E-state index is 0.177. The van der Waals surface area contributed by atoms with Crippen molar-refractivity contribution >= 4 is 11.6 Å². The van der Waals surface area contributed by atoms with E-state index in [1.54, 1.807) is 12.1 Å². The van der Waals surface area contributed by atoms with Crippen LogP contribution in [0.5, 0.6) is 0 Å². The van der Waals surface area contributed by atoms with Crippen LogP contribution >= 0.6 is 0 Å². The Hall–Kier alpha value is -2.37. The van der Waals surface area contributed by atoms with Gasteiger partial charge in [-0.05, 0) is 36.8 Å². The highest BCUT2D eigenvalue weighted by Gasteiger charge is 2.14. The van der Waals surface area contributed by atoms with E-state index >= 15 is 0 Å². The lowest BCUT2D eigenvalue weighted by Gasteiger charge is -2.29. The van der Waals surface area contributed by atoms with Crippen LogP contribution in [0, 0.1) is 6.92 Å². The molecule has 0 aromatic heterocycles. The zero-order valence-corrected chi connectivity index (χ0v) is 14.4. The summed E-state index contributed by atoms with van der Waals surface area (Å²) >= 11 is 0. The fourth-order valence-electron chi connectivity index (χ4n) is 2.84. The van der Waals surface area contributed by atoms with E-state index in [0.29, 0.717) is 5.56 Å². The lowest BCUT2D eigenvalue weighted by Crippen LogP contribution is -2.36. The molecule has 1 saturated heterocycles. The summed E-state index contributed by atoms with van der Waals surface area (Å²) < 4.78 is 5.36. The van der Waals surface area contributed by atoms with Crippen molar-refractivity contribution in [2.24, 2.45) is 0 Å². The maximum atomic E-state index is 12.1. The molecule has 0 aliphatic carbocycles. The van der Waals surface area contributed by atoms with Gasteiger partial charge in [0.25, 0.3) is 5.91 Å². The molecule has 1 aliphatic rings. The van der Waals surface area contributed by atoms with Gasteiger partial charge in [0.15, 0.2) is 0 Å². The standard InChI is InChI=1S/C20H24N2O3/c1-15-2-4-17(5-3-15)20(24)21-14-19(23)16-6-8-18(9-7-16)22-10-12-25-13-11-22/h2-9,19,23H,10-14H2,1H3,(H,21,24). The van der Waals surface area contributed by atoms with E-state index in [0.717, 1.165) is 43.1 Å². The Morgan fingerprint density at radius 1 is 1.12 bits per heavy atom. The molecule has 0 saturated carbocycles. The molecule has 2 aromatic carbocycles. The summed E-state index contributed by atoms with van der Waals surface area (Å²) in [5.74, 6) is -0.177. The van der Waals surface area contributed by atoms with Crippen molar-refractivity contribution < 1.29 is 14.6 Å². The van der Waals surface area contributed by atoms with Gasteiger partial charge < -0.3 is 20.1 Å². The van der Waals surface area contributed by atoms with Crippen LogP contribution in [0.2, 0.25) is 0 Å². The second-order valence-electron chi connectivity index (χ2n) is 6.28. The predicted octanol–water partition coefficient (Wildman–Crippen LogP) is 2.30. The van der Waals surface area contributed by atoms with Crippen LogP contribution in [0.25, 0.3) is 0 Å². The number of carbonyl (C=O) groups excluding carboxylic acids is 1. The minimum atomic E-state index is -0.729. The first-order valence-electron chi connectivity index (χ1n) is 8.59. The van der Waals surface area contributed by atoms with Crippen molar-refractivity contribution in [3.63, 3.8) is 0 Å². The highest BCUT2D eigenvalue weighted by atomic mass is 16.5. The van der Waals surface area contributed by atoms with Crippen LogP contribution in [0.15, 0.2) is 48.5 Å². The van der Waals surface area contributed by atoms with Gasteiger partial charge in [-0.1, -0.05) is 29.8 Å². The van der Waals surface area contributed by atoms with Crippen LogP contribution in [-0.4, -0.2) is 43.9 Å². The quantitative estimate of drug-likeness (QED) is 0.877. The van der Waals surface area contributed by atoms with Gasteiger partial charge in [-0.15, -0.1) is 0 Å². The minimum Gasteiger partial charge on any atom is -0.387 e. The van der Waals surface area contributed by atoms with E-state index in [-0.39, 0.29) is 12.5 Å². The number of ether oxygens (including phenoxy) is 1. The van der Waals surface area contributed by atoms with Crippen molar-refractivity contribution in [2.75, 3.05) is 37.7 Å². The molecule has 2 aromatic rings. The summed E-state index contributed by atoms with van der Waals surface area (Å²) in [4.78, 5) is 14.4. The molecule has 5 heteroatoms. The number of amides is 1. The number of nitrogens with zero attached hydrogens (tertiary/aromatic N) is 1. The molecule has 132 valence electrons. The van der Waals surface area contributed by atoms with Crippen molar-refractivity contribution in [2.45, 2.75) is 13.0 Å². The van der Waals surface area contributed by atoms with Crippen molar-refractivity contribution in [3.8, 4) is 0 Å². The molecule has 1 unspecified atom stereocenters. The van der Waals surface area contributed by atoms with Gasteiger partial charge in [-0.3, -0.25) is 4.79 Å². The summed E-state index contributed by atoms with van der Waals surface area (Å²) in [7, 11) is 0. The van der Waals surface area contributed by atoms with Crippen LogP contribution in [0.1, 0.15) is 27.6 Å². The number of benzene rings is 2. The Bertz CT molecular complexity index is 692. The van der Waals surface area contributed by atoms with Crippen molar-refractivity contribution in [3.05, 3.63) is 65.2 Å². The molecule has 1 aliphatic heterocycles. The summed E-state index contributed by atoms with van der Waals surface area (Å²) in [5.41, 5.74) is 3.63. The molecule has 1 atom stereocenters. The number of morpholine rings is 1. The monoisotopic (exact) mass is 340 g/mol. The van der Waals surface area contributed by atoms with E-state index in [9.17, 15) is 9.90 Å². The number of nitrogens with one attached hydrogen (secondary N) is 1. The number of anilines is 1. The van der Waals surface area contributed by atoms with Crippen LogP contribution in [-0.2, 0) is 4.74 Å². The Morgan fingerprint density at radius 2 is 1.76 bits per heavy atom. The fraction of sp³-hybridized carbons (Fsp3) is 0.350. The van der Waals surface area contributed by atoms with E-state index in [1.807, 2.05) is 43.3 Å². The first-order valence-corrected chi connectivity index (χ1v) is 8.59. The highest BCUT2D eigenvalue weighted by molar-refractivity contribution is 5.94. The normalized spacial score (nSPS) is 15.7. The third-order valence-electron chi connectivity index (χ3n) is 4.42. The van der Waals surface area contributed by atoms with Crippen LogP contribution in [0.4, 0.5) is 5.69 Å². The number of aliphatic hydroxyl groups is 1. The molecule has 2 N–H and O–H groups in total. The number of hydrogen-bond donors (Lipinski definition) is 2. The second kappa shape index (κ2) is 8.14. The lowest BCUT2D eigenvalue weighted by atomic mass is 10.1. The molecule has 1 fully saturated rings. The summed E-state index contributed by atoms with van der Waals surface area (Å²) in [6.07, 6.45) is -0.729. The molecular formula is C20H24N2O3. The van der Waals surface area contributed by atoms with E-state index in [4.69, 9.17) is 4.74 Å². The topological polar surface area (TPSA) is 61.8 Å². The zero-order chi connectivity index (χ0) is 17.6. The third-order valence-corrected chi connectivity index (χ3v) is 4.42. The average Bonchev–Trinajstić information content (AvgIpc) is 2.67. The largest absolute Gasteiger partial charge is 0.387 e. The fourth-order valence-corrected chi connectivity index (χ4v) is 2.84.